The van der Waals surface area contributed by atoms with Crippen molar-refractivity contribution in [3.8, 4) is 0 Å². The standard InChI is InChI=1S/C19H22N2O2S/c1-13-6-8-15(9-7-13)24(22,23)20-17-12-18-19-14(10-11-21(18)2)4-3-5-16(17)19/h3-9,17-18,20H,10-12H2,1-2H3. The molecule has 0 fully saturated rings. The van der Waals surface area contributed by atoms with E-state index in [-0.39, 0.29) is 6.04 Å². The lowest BCUT2D eigenvalue weighted by atomic mass is 9.94. The van der Waals surface area contributed by atoms with Crippen LogP contribution in [0.3, 0.4) is 0 Å². The highest BCUT2D eigenvalue weighted by Gasteiger charge is 2.38. The topological polar surface area (TPSA) is 49.4 Å². The summed E-state index contributed by atoms with van der Waals surface area (Å²) >= 11 is 0. The van der Waals surface area contributed by atoms with Gasteiger partial charge in [0, 0.05) is 18.6 Å². The Labute approximate surface area is 143 Å². The molecule has 2 aliphatic rings. The van der Waals surface area contributed by atoms with Crippen molar-refractivity contribution >= 4 is 10.0 Å². The van der Waals surface area contributed by atoms with Gasteiger partial charge in [-0.15, -0.1) is 0 Å². The smallest absolute Gasteiger partial charge is 0.241 e. The Morgan fingerprint density at radius 3 is 2.62 bits per heavy atom. The van der Waals surface area contributed by atoms with Crippen molar-refractivity contribution in [2.75, 3.05) is 13.6 Å². The van der Waals surface area contributed by atoms with Crippen LogP contribution in [-0.2, 0) is 16.4 Å². The molecule has 1 heterocycles. The van der Waals surface area contributed by atoms with Crippen LogP contribution < -0.4 is 4.72 Å². The largest absolute Gasteiger partial charge is 0.299 e. The van der Waals surface area contributed by atoms with Crippen LogP contribution in [-0.4, -0.2) is 26.9 Å². The van der Waals surface area contributed by atoms with E-state index in [1.807, 2.05) is 19.1 Å². The minimum absolute atomic E-state index is 0.156. The second-order valence-corrected chi connectivity index (χ2v) is 8.60. The number of benzene rings is 2. The van der Waals surface area contributed by atoms with E-state index in [4.69, 9.17) is 0 Å². The van der Waals surface area contributed by atoms with E-state index in [9.17, 15) is 8.42 Å². The Kier molecular flexibility index (Phi) is 3.75. The molecular weight excluding hydrogens is 320 g/mol. The summed E-state index contributed by atoms with van der Waals surface area (Å²) in [5, 5.41) is 0. The van der Waals surface area contributed by atoms with Gasteiger partial charge in [-0.3, -0.25) is 4.90 Å². The van der Waals surface area contributed by atoms with E-state index in [1.165, 1.54) is 11.1 Å². The first-order valence-corrected chi connectivity index (χ1v) is 9.85. The molecule has 2 atom stereocenters. The number of nitrogens with zero attached hydrogens (tertiary/aromatic N) is 1. The first-order valence-electron chi connectivity index (χ1n) is 8.36. The van der Waals surface area contributed by atoms with Gasteiger partial charge in [0.2, 0.25) is 10.0 Å². The molecule has 1 N–H and O–H groups in total. The van der Waals surface area contributed by atoms with Gasteiger partial charge in [0.05, 0.1) is 4.90 Å². The zero-order valence-corrected chi connectivity index (χ0v) is 14.8. The number of aryl methyl sites for hydroxylation is 1. The lowest BCUT2D eigenvalue weighted by molar-refractivity contribution is 0.224. The second kappa shape index (κ2) is 5.69. The maximum Gasteiger partial charge on any atom is 0.241 e. The molecule has 4 rings (SSSR count). The van der Waals surface area contributed by atoms with Crippen LogP contribution in [0.5, 0.6) is 0 Å². The van der Waals surface area contributed by atoms with E-state index in [0.29, 0.717) is 10.9 Å². The summed E-state index contributed by atoms with van der Waals surface area (Å²) in [7, 11) is -1.39. The van der Waals surface area contributed by atoms with Crippen molar-refractivity contribution in [3.05, 3.63) is 64.7 Å². The van der Waals surface area contributed by atoms with Crippen molar-refractivity contribution < 1.29 is 8.42 Å². The lowest BCUT2D eigenvalue weighted by Crippen LogP contribution is -2.31. The van der Waals surface area contributed by atoms with Gasteiger partial charge in [0.1, 0.15) is 0 Å². The summed E-state index contributed by atoms with van der Waals surface area (Å²) in [6.45, 7) is 2.98. The summed E-state index contributed by atoms with van der Waals surface area (Å²) in [6, 6.07) is 13.5. The quantitative estimate of drug-likeness (QED) is 0.933. The Balaban J connectivity index is 1.67. The van der Waals surface area contributed by atoms with Gasteiger partial charge < -0.3 is 0 Å². The van der Waals surface area contributed by atoms with Crippen molar-refractivity contribution in [1.29, 1.82) is 0 Å². The second-order valence-electron chi connectivity index (χ2n) is 6.89. The van der Waals surface area contributed by atoms with Crippen LogP contribution in [0.15, 0.2) is 47.4 Å². The Bertz CT molecular complexity index is 875. The van der Waals surface area contributed by atoms with E-state index in [0.717, 1.165) is 30.5 Å². The normalized spacial score (nSPS) is 23.2. The monoisotopic (exact) mass is 342 g/mol. The third-order valence-corrected chi connectivity index (χ3v) is 6.78. The highest BCUT2D eigenvalue weighted by Crippen LogP contribution is 2.46. The van der Waals surface area contributed by atoms with Gasteiger partial charge >= 0.3 is 0 Å². The zero-order valence-electron chi connectivity index (χ0n) is 14.0. The lowest BCUT2D eigenvalue weighted by Gasteiger charge is -2.31. The minimum atomic E-state index is -3.51. The molecule has 0 amide bonds. The summed E-state index contributed by atoms with van der Waals surface area (Å²) in [5.74, 6) is 0. The van der Waals surface area contributed by atoms with E-state index in [2.05, 4.69) is 34.9 Å². The Hall–Kier alpha value is -1.69. The summed E-state index contributed by atoms with van der Waals surface area (Å²) < 4.78 is 28.5. The highest BCUT2D eigenvalue weighted by atomic mass is 32.2. The molecule has 5 heteroatoms. The van der Waals surface area contributed by atoms with Gasteiger partial charge in [-0.25, -0.2) is 13.1 Å². The number of hydrogen-bond acceptors (Lipinski definition) is 3. The number of likely N-dealkylation sites (N-methyl/N-ethyl adjacent to an activating group) is 1. The highest BCUT2D eigenvalue weighted by molar-refractivity contribution is 7.89. The average Bonchev–Trinajstić information content (AvgIpc) is 2.92. The van der Waals surface area contributed by atoms with Crippen LogP contribution in [0.4, 0.5) is 0 Å². The number of hydrogen-bond donors (Lipinski definition) is 1. The van der Waals surface area contributed by atoms with Gasteiger partial charge in [0.15, 0.2) is 0 Å². The van der Waals surface area contributed by atoms with Crippen LogP contribution in [0.25, 0.3) is 0 Å². The molecule has 4 nitrogen and oxygen atoms in total. The molecule has 0 aromatic heterocycles. The molecule has 126 valence electrons. The molecule has 0 spiro atoms. The fourth-order valence-corrected chi connectivity index (χ4v) is 5.19. The van der Waals surface area contributed by atoms with E-state index in [1.54, 1.807) is 12.1 Å². The molecule has 2 aromatic rings. The number of rotatable bonds is 3. The average molecular weight is 342 g/mol. The molecule has 2 aromatic carbocycles. The predicted octanol–water partition coefficient (Wildman–Crippen LogP) is 2.95. The zero-order chi connectivity index (χ0) is 16.9. The molecular formula is C19H22N2O2S. The first-order chi connectivity index (χ1) is 11.5. The minimum Gasteiger partial charge on any atom is -0.299 e. The SMILES string of the molecule is Cc1ccc(S(=O)(=O)NC2CC3c4c(cccc42)CCN3C)cc1. The van der Waals surface area contributed by atoms with Crippen molar-refractivity contribution in [1.82, 2.24) is 9.62 Å². The maximum absolute atomic E-state index is 12.8. The van der Waals surface area contributed by atoms with Crippen molar-refractivity contribution in [2.45, 2.75) is 36.7 Å². The van der Waals surface area contributed by atoms with Crippen molar-refractivity contribution in [2.24, 2.45) is 0 Å². The predicted molar refractivity (Wildman–Crippen MR) is 94.4 cm³/mol. The third kappa shape index (κ3) is 2.57. The molecule has 0 saturated heterocycles. The van der Waals surface area contributed by atoms with E-state index >= 15 is 0 Å². The van der Waals surface area contributed by atoms with Gasteiger partial charge in [0.25, 0.3) is 0 Å². The summed E-state index contributed by atoms with van der Waals surface area (Å²) in [6.07, 6.45) is 1.83. The van der Waals surface area contributed by atoms with Crippen molar-refractivity contribution in [3.63, 3.8) is 0 Å². The van der Waals surface area contributed by atoms with Crippen LogP contribution in [0.1, 0.15) is 40.8 Å². The van der Waals surface area contributed by atoms with Crippen LogP contribution >= 0.6 is 0 Å². The number of nitrogens with one attached hydrogen (secondary N) is 1. The van der Waals surface area contributed by atoms with Crippen LogP contribution in [0, 0.1) is 6.92 Å². The fraction of sp³-hybridized carbons (Fsp3) is 0.368. The molecule has 1 aliphatic carbocycles. The van der Waals surface area contributed by atoms with Gasteiger partial charge in [-0.2, -0.15) is 0 Å². The van der Waals surface area contributed by atoms with Gasteiger partial charge in [-0.1, -0.05) is 35.9 Å². The Morgan fingerprint density at radius 2 is 1.88 bits per heavy atom. The fourth-order valence-electron chi connectivity index (χ4n) is 3.97. The first kappa shape index (κ1) is 15.8. The summed E-state index contributed by atoms with van der Waals surface area (Å²) in [4.78, 5) is 2.67. The summed E-state index contributed by atoms with van der Waals surface area (Å²) in [5.41, 5.74) is 4.90. The van der Waals surface area contributed by atoms with Crippen LogP contribution in [0.2, 0.25) is 0 Å². The number of sulfonamides is 1. The maximum atomic E-state index is 12.8. The van der Waals surface area contributed by atoms with E-state index < -0.39 is 10.0 Å². The molecule has 24 heavy (non-hydrogen) atoms. The van der Waals surface area contributed by atoms with Gasteiger partial charge in [-0.05, 0) is 55.6 Å². The third-order valence-electron chi connectivity index (χ3n) is 5.29. The molecule has 0 saturated carbocycles. The molecule has 0 bridgehead atoms. The Morgan fingerprint density at radius 1 is 1.12 bits per heavy atom. The molecule has 0 radical (unpaired) electrons. The molecule has 2 unspecified atom stereocenters. The molecule has 1 aliphatic heterocycles.